The van der Waals surface area contributed by atoms with Gasteiger partial charge in [0.05, 0.1) is 5.69 Å². The van der Waals surface area contributed by atoms with E-state index in [1.165, 1.54) is 12.1 Å². The predicted octanol–water partition coefficient (Wildman–Crippen LogP) is 2.55. The van der Waals surface area contributed by atoms with Crippen molar-refractivity contribution in [1.82, 2.24) is 14.9 Å². The minimum Gasteiger partial charge on any atom is -0.329 e. The van der Waals surface area contributed by atoms with Crippen molar-refractivity contribution in [3.8, 4) is 0 Å². The van der Waals surface area contributed by atoms with E-state index in [9.17, 15) is 8.78 Å². The molecule has 0 saturated heterocycles. The first-order valence-corrected chi connectivity index (χ1v) is 7.61. The van der Waals surface area contributed by atoms with Crippen LogP contribution in [0.15, 0.2) is 24.4 Å². The molecule has 0 saturated carbocycles. The molecule has 3 N–H and O–H groups in total. The molecule has 7 heteroatoms. The summed E-state index contributed by atoms with van der Waals surface area (Å²) < 4.78 is 26.5. The molecule has 23 heavy (non-hydrogen) atoms. The van der Waals surface area contributed by atoms with Crippen LogP contribution < -0.4 is 11.1 Å². The van der Waals surface area contributed by atoms with Crippen LogP contribution in [0.3, 0.4) is 0 Å². The van der Waals surface area contributed by atoms with Gasteiger partial charge in [0.2, 0.25) is 5.95 Å². The molecule has 0 bridgehead atoms. The Morgan fingerprint density at radius 1 is 1.26 bits per heavy atom. The average Bonchev–Trinajstić information content (AvgIpc) is 2.90. The third-order valence-electron chi connectivity index (χ3n) is 4.06. The Kier molecular flexibility index (Phi) is 4.49. The molecule has 2 heterocycles. The number of nitrogens with two attached hydrogens (primary N) is 1. The van der Waals surface area contributed by atoms with Crippen molar-refractivity contribution in [2.24, 2.45) is 5.73 Å². The number of nitrogens with zero attached hydrogens (tertiary/aromatic N) is 3. The lowest BCUT2D eigenvalue weighted by Gasteiger charge is -2.24. The molecule has 0 amide bonds. The SMILES string of the molecule is CCC(CN)N1Cc2cnc(Nc3cc(F)cc(F)c3)nc2C1. The van der Waals surface area contributed by atoms with Gasteiger partial charge in [0, 0.05) is 49.2 Å². The summed E-state index contributed by atoms with van der Waals surface area (Å²) in [5.41, 5.74) is 8.07. The summed E-state index contributed by atoms with van der Waals surface area (Å²) in [4.78, 5) is 11.0. The van der Waals surface area contributed by atoms with Crippen LogP contribution >= 0.6 is 0 Å². The average molecular weight is 319 g/mol. The van der Waals surface area contributed by atoms with Gasteiger partial charge in [-0.25, -0.2) is 18.7 Å². The largest absolute Gasteiger partial charge is 0.329 e. The number of aromatic nitrogens is 2. The molecule has 5 nitrogen and oxygen atoms in total. The van der Waals surface area contributed by atoms with Gasteiger partial charge in [0.25, 0.3) is 0 Å². The summed E-state index contributed by atoms with van der Waals surface area (Å²) in [6.07, 6.45) is 2.73. The van der Waals surface area contributed by atoms with Crippen LogP contribution in [0.25, 0.3) is 0 Å². The molecular weight excluding hydrogens is 300 g/mol. The molecule has 3 rings (SSSR count). The Morgan fingerprint density at radius 3 is 2.65 bits per heavy atom. The van der Waals surface area contributed by atoms with Crippen LogP contribution in [0, 0.1) is 11.6 Å². The van der Waals surface area contributed by atoms with Gasteiger partial charge in [-0.2, -0.15) is 0 Å². The van der Waals surface area contributed by atoms with E-state index in [4.69, 9.17) is 5.73 Å². The molecule has 1 atom stereocenters. The van der Waals surface area contributed by atoms with Crippen molar-refractivity contribution >= 4 is 11.6 Å². The fraction of sp³-hybridized carbons (Fsp3) is 0.375. The minimum atomic E-state index is -0.645. The lowest BCUT2D eigenvalue weighted by molar-refractivity contribution is 0.197. The van der Waals surface area contributed by atoms with Gasteiger partial charge in [0.15, 0.2) is 0 Å². The van der Waals surface area contributed by atoms with Gasteiger partial charge in [-0.1, -0.05) is 6.92 Å². The van der Waals surface area contributed by atoms with Gasteiger partial charge in [-0.05, 0) is 18.6 Å². The topological polar surface area (TPSA) is 67.1 Å². The van der Waals surface area contributed by atoms with E-state index < -0.39 is 11.6 Å². The lowest BCUT2D eigenvalue weighted by atomic mass is 10.2. The number of nitrogens with one attached hydrogen (secondary N) is 1. The van der Waals surface area contributed by atoms with Crippen LogP contribution in [-0.4, -0.2) is 27.5 Å². The quantitative estimate of drug-likeness (QED) is 0.886. The fourth-order valence-corrected chi connectivity index (χ4v) is 2.83. The van der Waals surface area contributed by atoms with Crippen molar-refractivity contribution < 1.29 is 8.78 Å². The second kappa shape index (κ2) is 6.55. The van der Waals surface area contributed by atoms with Crippen molar-refractivity contribution in [1.29, 1.82) is 0 Å². The highest BCUT2D eigenvalue weighted by Gasteiger charge is 2.25. The zero-order chi connectivity index (χ0) is 16.4. The standard InChI is InChI=1S/C16H19F2N5/c1-2-14(6-19)23-8-10-7-20-16(22-15(10)9-23)21-13-4-11(17)3-12(18)5-13/h3-5,7,14H,2,6,8-9,19H2,1H3,(H,20,21,22). The molecular formula is C16H19F2N5. The van der Waals surface area contributed by atoms with Crippen molar-refractivity contribution in [2.45, 2.75) is 32.5 Å². The van der Waals surface area contributed by atoms with Crippen LogP contribution in [0.5, 0.6) is 0 Å². The first-order chi connectivity index (χ1) is 11.1. The molecule has 1 aliphatic heterocycles. The van der Waals surface area contributed by atoms with E-state index in [1.807, 2.05) is 0 Å². The molecule has 122 valence electrons. The van der Waals surface area contributed by atoms with Crippen LogP contribution in [-0.2, 0) is 13.1 Å². The van der Waals surface area contributed by atoms with E-state index in [1.54, 1.807) is 6.20 Å². The zero-order valence-electron chi connectivity index (χ0n) is 12.9. The minimum absolute atomic E-state index is 0.283. The number of rotatable bonds is 5. The van der Waals surface area contributed by atoms with E-state index in [0.29, 0.717) is 25.1 Å². The number of benzene rings is 1. The molecule has 0 fully saturated rings. The van der Waals surface area contributed by atoms with Crippen molar-refractivity contribution in [2.75, 3.05) is 11.9 Å². The smallest absolute Gasteiger partial charge is 0.227 e. The maximum absolute atomic E-state index is 13.2. The first kappa shape index (κ1) is 15.8. The molecule has 1 aromatic heterocycles. The van der Waals surface area contributed by atoms with Crippen LogP contribution in [0.4, 0.5) is 20.4 Å². The van der Waals surface area contributed by atoms with E-state index in [-0.39, 0.29) is 5.69 Å². The summed E-state index contributed by atoms with van der Waals surface area (Å²) in [5, 5.41) is 2.84. The molecule has 2 aromatic rings. The van der Waals surface area contributed by atoms with Gasteiger partial charge in [0.1, 0.15) is 11.6 Å². The molecule has 1 unspecified atom stereocenters. The number of fused-ring (bicyclic) bond motifs is 1. The second-order valence-corrected chi connectivity index (χ2v) is 5.65. The Hall–Kier alpha value is -2.12. The predicted molar refractivity (Wildman–Crippen MR) is 84.1 cm³/mol. The van der Waals surface area contributed by atoms with E-state index in [2.05, 4.69) is 27.1 Å². The molecule has 0 aliphatic carbocycles. The van der Waals surface area contributed by atoms with E-state index >= 15 is 0 Å². The highest BCUT2D eigenvalue weighted by Crippen LogP contribution is 2.25. The molecule has 1 aliphatic rings. The Balaban J connectivity index is 1.77. The van der Waals surface area contributed by atoms with Gasteiger partial charge in [-0.15, -0.1) is 0 Å². The summed E-state index contributed by atoms with van der Waals surface area (Å²) in [6.45, 7) is 4.20. The third-order valence-corrected chi connectivity index (χ3v) is 4.06. The monoisotopic (exact) mass is 319 g/mol. The Bertz CT molecular complexity index is 683. The maximum atomic E-state index is 13.2. The fourth-order valence-electron chi connectivity index (χ4n) is 2.83. The summed E-state index contributed by atoms with van der Waals surface area (Å²) >= 11 is 0. The summed E-state index contributed by atoms with van der Waals surface area (Å²) in [5.74, 6) is -0.960. The van der Waals surface area contributed by atoms with Crippen LogP contribution in [0.1, 0.15) is 24.6 Å². The summed E-state index contributed by atoms with van der Waals surface area (Å²) in [6, 6.07) is 3.55. The normalized spacial score (nSPS) is 15.5. The molecule has 0 radical (unpaired) electrons. The van der Waals surface area contributed by atoms with Gasteiger partial charge >= 0.3 is 0 Å². The van der Waals surface area contributed by atoms with E-state index in [0.717, 1.165) is 30.3 Å². The Labute approximate surface area is 133 Å². The van der Waals surface area contributed by atoms with Gasteiger partial charge in [-0.3, -0.25) is 4.90 Å². The first-order valence-electron chi connectivity index (χ1n) is 7.61. The van der Waals surface area contributed by atoms with Crippen molar-refractivity contribution in [3.63, 3.8) is 0 Å². The summed E-state index contributed by atoms with van der Waals surface area (Å²) in [7, 11) is 0. The zero-order valence-corrected chi connectivity index (χ0v) is 12.9. The third kappa shape index (κ3) is 3.46. The highest BCUT2D eigenvalue weighted by atomic mass is 19.1. The number of anilines is 2. The lowest BCUT2D eigenvalue weighted by Crippen LogP contribution is -2.36. The van der Waals surface area contributed by atoms with Crippen molar-refractivity contribution in [3.05, 3.63) is 47.3 Å². The maximum Gasteiger partial charge on any atom is 0.227 e. The molecule has 0 spiro atoms. The Morgan fingerprint density at radius 2 is 2.00 bits per heavy atom. The van der Waals surface area contributed by atoms with Crippen LogP contribution in [0.2, 0.25) is 0 Å². The number of halogens is 2. The highest BCUT2D eigenvalue weighted by molar-refractivity contribution is 5.53. The number of hydrogen-bond acceptors (Lipinski definition) is 5. The second-order valence-electron chi connectivity index (χ2n) is 5.65. The molecule has 1 aromatic carbocycles. The number of hydrogen-bond donors (Lipinski definition) is 2. The van der Waals surface area contributed by atoms with Gasteiger partial charge < -0.3 is 11.1 Å².